The number of anilines is 3. The van der Waals surface area contributed by atoms with Crippen LogP contribution in [0.3, 0.4) is 0 Å². The number of likely N-dealkylation sites (tertiary alicyclic amines) is 1. The molecule has 0 bridgehead atoms. The van der Waals surface area contributed by atoms with Crippen LogP contribution >= 0.6 is 23.5 Å². The average Bonchev–Trinajstić information content (AvgIpc) is 2.81. The summed E-state index contributed by atoms with van der Waals surface area (Å²) in [6, 6.07) is 8.05. The lowest BCUT2D eigenvalue weighted by Crippen LogP contribution is -2.40. The number of halogens is 1. The first kappa shape index (κ1) is 24.9. The zero-order valence-corrected chi connectivity index (χ0v) is 21.8. The number of nitrogens with zero attached hydrogens (tertiary/aromatic N) is 5. The van der Waals surface area contributed by atoms with E-state index in [1.807, 2.05) is 38.1 Å². The molecule has 0 radical (unpaired) electrons. The highest BCUT2D eigenvalue weighted by atomic mass is 79.9. The second-order valence-corrected chi connectivity index (χ2v) is 10.8. The van der Waals surface area contributed by atoms with Crippen LogP contribution in [0.1, 0.15) is 26.7 Å². The van der Waals surface area contributed by atoms with Crippen LogP contribution in [0.25, 0.3) is 11.0 Å². The molecule has 2 N–H and O–H groups in total. The number of hydrogen-bond acceptors (Lipinski definition) is 10. The molecule has 12 heteroatoms. The van der Waals surface area contributed by atoms with Gasteiger partial charge in [-0.3, -0.25) is 9.46 Å². The summed E-state index contributed by atoms with van der Waals surface area (Å²) >= 11 is 3.49. The topological polar surface area (TPSA) is 114 Å². The maximum absolute atomic E-state index is 12.8. The summed E-state index contributed by atoms with van der Waals surface area (Å²) in [6.45, 7) is 5.97. The van der Waals surface area contributed by atoms with E-state index in [-0.39, 0.29) is 6.04 Å². The first-order chi connectivity index (χ1) is 16.5. The van der Waals surface area contributed by atoms with Crippen LogP contribution in [-0.2, 0) is 13.6 Å². The summed E-state index contributed by atoms with van der Waals surface area (Å²) in [4.78, 5) is 20.0. The van der Waals surface area contributed by atoms with E-state index in [2.05, 4.69) is 46.4 Å². The van der Waals surface area contributed by atoms with Crippen molar-refractivity contribution in [2.45, 2.75) is 32.7 Å². The molecule has 2 aromatic heterocycles. The summed E-state index contributed by atoms with van der Waals surface area (Å²) in [6.07, 6.45) is 5.25. The molecule has 0 aliphatic carbocycles. The van der Waals surface area contributed by atoms with E-state index in [9.17, 15) is 4.57 Å². The normalized spacial score (nSPS) is 15.5. The summed E-state index contributed by atoms with van der Waals surface area (Å²) in [5, 5.41) is 6.75. The van der Waals surface area contributed by atoms with Crippen molar-refractivity contribution in [1.29, 1.82) is 0 Å². The predicted molar refractivity (Wildman–Crippen MR) is 136 cm³/mol. The molecular weight excluding hydrogens is 521 g/mol. The molecule has 1 aliphatic rings. The Bertz CT molecular complexity index is 1150. The van der Waals surface area contributed by atoms with Crippen LogP contribution in [-0.4, -0.2) is 63.5 Å². The summed E-state index contributed by atoms with van der Waals surface area (Å²) in [5.41, 5.74) is 2.20. The molecule has 10 nitrogen and oxygen atoms in total. The van der Waals surface area contributed by atoms with E-state index in [1.54, 1.807) is 6.20 Å². The SMILES string of the molecule is CCOP(=O)(CN1CCC(Nc2ncc3ncnc(Nc4cccc(Br)c4)c3n2)CC1)OCC. The highest BCUT2D eigenvalue weighted by Gasteiger charge is 2.30. The van der Waals surface area contributed by atoms with Gasteiger partial charge in [-0.1, -0.05) is 22.0 Å². The van der Waals surface area contributed by atoms with Gasteiger partial charge >= 0.3 is 7.60 Å². The van der Waals surface area contributed by atoms with Crippen molar-refractivity contribution < 1.29 is 13.6 Å². The first-order valence-electron chi connectivity index (χ1n) is 11.4. The Morgan fingerprint density at radius 3 is 2.62 bits per heavy atom. The van der Waals surface area contributed by atoms with E-state index in [4.69, 9.17) is 14.0 Å². The largest absolute Gasteiger partial charge is 0.351 e. The molecule has 1 saturated heterocycles. The fourth-order valence-electron chi connectivity index (χ4n) is 3.88. The third-order valence-electron chi connectivity index (χ3n) is 5.41. The Hall–Kier alpha value is -2.17. The zero-order chi connectivity index (χ0) is 24.0. The minimum Gasteiger partial charge on any atom is -0.351 e. The third-order valence-corrected chi connectivity index (χ3v) is 7.95. The van der Waals surface area contributed by atoms with Gasteiger partial charge in [0.2, 0.25) is 5.95 Å². The lowest BCUT2D eigenvalue weighted by molar-refractivity contribution is 0.182. The second-order valence-electron chi connectivity index (χ2n) is 7.91. The summed E-state index contributed by atoms with van der Waals surface area (Å²) in [7, 11) is -3.08. The molecule has 0 unspecified atom stereocenters. The van der Waals surface area contributed by atoms with Gasteiger partial charge in [0.1, 0.15) is 23.6 Å². The monoisotopic (exact) mass is 549 g/mol. The number of benzene rings is 1. The van der Waals surface area contributed by atoms with Crippen LogP contribution in [0.4, 0.5) is 17.5 Å². The van der Waals surface area contributed by atoms with Crippen molar-refractivity contribution in [3.63, 3.8) is 0 Å². The molecule has 34 heavy (non-hydrogen) atoms. The van der Waals surface area contributed by atoms with E-state index in [0.29, 0.717) is 42.3 Å². The average molecular weight is 550 g/mol. The lowest BCUT2D eigenvalue weighted by atomic mass is 10.1. The number of aromatic nitrogens is 4. The molecule has 1 fully saturated rings. The Kier molecular flexibility index (Phi) is 8.44. The van der Waals surface area contributed by atoms with Crippen LogP contribution in [0, 0.1) is 0 Å². The van der Waals surface area contributed by atoms with E-state index in [1.165, 1.54) is 6.33 Å². The minimum absolute atomic E-state index is 0.207. The van der Waals surface area contributed by atoms with Crippen molar-refractivity contribution in [2.24, 2.45) is 0 Å². The number of hydrogen-bond donors (Lipinski definition) is 2. The molecule has 1 aliphatic heterocycles. The molecule has 4 rings (SSSR count). The van der Waals surface area contributed by atoms with Crippen molar-refractivity contribution in [3.8, 4) is 0 Å². The Morgan fingerprint density at radius 1 is 1.15 bits per heavy atom. The van der Waals surface area contributed by atoms with Gasteiger partial charge in [0.05, 0.1) is 19.4 Å². The molecule has 3 aromatic rings. The molecule has 0 spiro atoms. The molecule has 0 amide bonds. The number of rotatable bonds is 10. The maximum atomic E-state index is 12.8. The lowest BCUT2D eigenvalue weighted by Gasteiger charge is -2.33. The smallest absolute Gasteiger partial charge is 0.344 e. The van der Waals surface area contributed by atoms with Crippen LogP contribution in [0.5, 0.6) is 0 Å². The second kappa shape index (κ2) is 11.5. The summed E-state index contributed by atoms with van der Waals surface area (Å²) in [5.74, 6) is 1.15. The van der Waals surface area contributed by atoms with Gasteiger partial charge in [0.15, 0.2) is 5.82 Å². The van der Waals surface area contributed by atoms with Gasteiger partial charge in [-0.25, -0.2) is 19.9 Å². The third kappa shape index (κ3) is 6.49. The predicted octanol–water partition coefficient (Wildman–Crippen LogP) is 5.03. The molecule has 1 aromatic carbocycles. The van der Waals surface area contributed by atoms with E-state index >= 15 is 0 Å². The number of nitrogens with one attached hydrogen (secondary N) is 2. The van der Waals surface area contributed by atoms with E-state index in [0.717, 1.165) is 36.1 Å². The van der Waals surface area contributed by atoms with Gasteiger partial charge in [-0.15, -0.1) is 0 Å². The molecular formula is C22H29BrN7O3P. The van der Waals surface area contributed by atoms with Gasteiger partial charge in [-0.2, -0.15) is 0 Å². The quantitative estimate of drug-likeness (QED) is 0.334. The van der Waals surface area contributed by atoms with Crippen LogP contribution in [0.2, 0.25) is 0 Å². The van der Waals surface area contributed by atoms with Gasteiger partial charge in [-0.05, 0) is 44.9 Å². The highest BCUT2D eigenvalue weighted by molar-refractivity contribution is 9.10. The Labute approximate surface area is 207 Å². The standard InChI is InChI=1S/C22H29BrN7O3P/c1-3-32-34(31,33-4-2)15-30-10-8-17(9-11-30)28-22-24-13-19-20(29-22)21(26-14-25-19)27-18-7-5-6-16(23)12-18/h5-7,12-14,17H,3-4,8-11,15H2,1-2H3,(H,24,28,29)(H,25,26,27). The molecule has 0 atom stereocenters. The molecule has 182 valence electrons. The Balaban J connectivity index is 1.41. The fraction of sp³-hybridized carbons (Fsp3) is 0.455. The Morgan fingerprint density at radius 2 is 1.91 bits per heavy atom. The minimum atomic E-state index is -3.08. The maximum Gasteiger partial charge on any atom is 0.344 e. The summed E-state index contributed by atoms with van der Waals surface area (Å²) < 4.78 is 24.7. The molecule has 3 heterocycles. The van der Waals surface area contributed by atoms with Gasteiger partial charge in [0, 0.05) is 29.3 Å². The number of piperidine rings is 1. The van der Waals surface area contributed by atoms with Crippen molar-refractivity contribution in [3.05, 3.63) is 41.3 Å². The highest BCUT2D eigenvalue weighted by Crippen LogP contribution is 2.48. The van der Waals surface area contributed by atoms with Crippen LogP contribution < -0.4 is 10.6 Å². The van der Waals surface area contributed by atoms with Gasteiger partial charge < -0.3 is 19.7 Å². The van der Waals surface area contributed by atoms with Crippen molar-refractivity contribution >= 4 is 52.0 Å². The first-order valence-corrected chi connectivity index (χ1v) is 13.9. The van der Waals surface area contributed by atoms with E-state index < -0.39 is 7.60 Å². The fourth-order valence-corrected chi connectivity index (χ4v) is 6.07. The van der Waals surface area contributed by atoms with Crippen molar-refractivity contribution in [2.75, 3.05) is 43.2 Å². The molecule has 0 saturated carbocycles. The number of fused-ring (bicyclic) bond motifs is 1. The van der Waals surface area contributed by atoms with Crippen molar-refractivity contribution in [1.82, 2.24) is 24.8 Å². The zero-order valence-electron chi connectivity index (χ0n) is 19.3. The van der Waals surface area contributed by atoms with Gasteiger partial charge in [0.25, 0.3) is 0 Å². The van der Waals surface area contributed by atoms with Crippen LogP contribution in [0.15, 0.2) is 41.3 Å².